The molecular formula is C19H26N2O3S. The average molecular weight is 362 g/mol. The van der Waals surface area contributed by atoms with Crippen LogP contribution in [0.1, 0.15) is 36.5 Å². The first-order valence-electron chi connectivity index (χ1n) is 8.45. The average Bonchev–Trinajstić information content (AvgIpc) is 3.06. The van der Waals surface area contributed by atoms with E-state index in [9.17, 15) is 4.79 Å². The molecule has 2 aromatic rings. The standard InChI is InChI=1S/C19H26N2O3S/c1-5-15(3)21(19(22)12-23-4)10-16-13-25-18(20-16)11-24-17-9-7-6-8-14(17)2/h6-9,13,15H,5,10-12H2,1-4H3. The second-order valence-electron chi connectivity index (χ2n) is 6.00. The largest absolute Gasteiger partial charge is 0.486 e. The van der Waals surface area contributed by atoms with E-state index in [1.54, 1.807) is 11.3 Å². The first kappa shape index (κ1) is 19.4. The highest BCUT2D eigenvalue weighted by Crippen LogP contribution is 2.20. The zero-order valence-electron chi connectivity index (χ0n) is 15.3. The summed E-state index contributed by atoms with van der Waals surface area (Å²) in [5, 5.41) is 2.90. The van der Waals surface area contributed by atoms with E-state index in [4.69, 9.17) is 9.47 Å². The number of benzene rings is 1. The summed E-state index contributed by atoms with van der Waals surface area (Å²) in [5.74, 6) is 0.860. The van der Waals surface area contributed by atoms with E-state index in [2.05, 4.69) is 11.9 Å². The summed E-state index contributed by atoms with van der Waals surface area (Å²) in [6.45, 7) is 7.16. The van der Waals surface area contributed by atoms with Crippen molar-refractivity contribution in [1.82, 2.24) is 9.88 Å². The molecule has 0 fully saturated rings. The number of amides is 1. The van der Waals surface area contributed by atoms with Crippen molar-refractivity contribution >= 4 is 17.2 Å². The number of carbonyl (C=O) groups is 1. The van der Waals surface area contributed by atoms with Gasteiger partial charge in [0.25, 0.3) is 0 Å². The third kappa shape index (κ3) is 5.54. The SMILES string of the molecule is CCC(C)N(Cc1csc(COc2ccccc2C)n1)C(=O)COC. The quantitative estimate of drug-likeness (QED) is 0.681. The number of nitrogens with zero attached hydrogens (tertiary/aromatic N) is 2. The molecule has 0 aliphatic heterocycles. The molecule has 1 aromatic carbocycles. The van der Waals surface area contributed by atoms with E-state index in [-0.39, 0.29) is 18.6 Å². The molecule has 0 aliphatic carbocycles. The summed E-state index contributed by atoms with van der Waals surface area (Å²) in [6.07, 6.45) is 0.892. The first-order chi connectivity index (χ1) is 12.0. The molecule has 0 saturated carbocycles. The minimum atomic E-state index is -0.0115. The summed E-state index contributed by atoms with van der Waals surface area (Å²) in [5.41, 5.74) is 1.99. The van der Waals surface area contributed by atoms with Gasteiger partial charge in [0, 0.05) is 18.5 Å². The van der Waals surface area contributed by atoms with Crippen LogP contribution in [0, 0.1) is 6.92 Å². The minimum Gasteiger partial charge on any atom is -0.486 e. The fourth-order valence-corrected chi connectivity index (χ4v) is 3.13. The van der Waals surface area contributed by atoms with Crippen molar-refractivity contribution in [2.45, 2.75) is 46.4 Å². The van der Waals surface area contributed by atoms with Crippen LogP contribution in [-0.4, -0.2) is 35.5 Å². The predicted octanol–water partition coefficient (Wildman–Crippen LogP) is 3.80. The molecule has 136 valence electrons. The van der Waals surface area contributed by atoms with Crippen LogP contribution < -0.4 is 4.74 Å². The number of hydrogen-bond donors (Lipinski definition) is 0. The molecule has 0 radical (unpaired) electrons. The molecule has 1 heterocycles. The van der Waals surface area contributed by atoms with Gasteiger partial charge in [-0.25, -0.2) is 4.98 Å². The number of carbonyl (C=O) groups excluding carboxylic acids is 1. The van der Waals surface area contributed by atoms with Crippen molar-refractivity contribution in [2.75, 3.05) is 13.7 Å². The normalized spacial score (nSPS) is 12.0. The van der Waals surface area contributed by atoms with Crippen LogP contribution in [0.4, 0.5) is 0 Å². The van der Waals surface area contributed by atoms with E-state index in [1.807, 2.05) is 48.4 Å². The predicted molar refractivity (Wildman–Crippen MR) is 99.8 cm³/mol. The molecule has 1 aromatic heterocycles. The van der Waals surface area contributed by atoms with Gasteiger partial charge in [-0.05, 0) is 31.9 Å². The molecule has 0 spiro atoms. The number of thiazole rings is 1. The molecule has 1 atom stereocenters. The third-order valence-corrected chi connectivity index (χ3v) is 4.96. The lowest BCUT2D eigenvalue weighted by Crippen LogP contribution is -2.39. The zero-order chi connectivity index (χ0) is 18.2. The Hall–Kier alpha value is -1.92. The lowest BCUT2D eigenvalue weighted by Gasteiger charge is -2.27. The summed E-state index contributed by atoms with van der Waals surface area (Å²) < 4.78 is 10.8. The van der Waals surface area contributed by atoms with Crippen molar-refractivity contribution in [3.8, 4) is 5.75 Å². The molecule has 25 heavy (non-hydrogen) atoms. The molecule has 1 amide bonds. The van der Waals surface area contributed by atoms with Gasteiger partial charge < -0.3 is 14.4 Å². The number of hydrogen-bond acceptors (Lipinski definition) is 5. The number of rotatable bonds is 9. The maximum atomic E-state index is 12.3. The Labute approximate surface area is 153 Å². The zero-order valence-corrected chi connectivity index (χ0v) is 16.1. The van der Waals surface area contributed by atoms with Gasteiger partial charge in [0.05, 0.1) is 12.2 Å². The van der Waals surface area contributed by atoms with E-state index in [0.29, 0.717) is 13.2 Å². The van der Waals surface area contributed by atoms with Crippen molar-refractivity contribution in [3.63, 3.8) is 0 Å². The van der Waals surface area contributed by atoms with Gasteiger partial charge in [-0.15, -0.1) is 11.3 Å². The lowest BCUT2D eigenvalue weighted by atomic mass is 10.2. The molecule has 5 nitrogen and oxygen atoms in total. The van der Waals surface area contributed by atoms with Crippen molar-refractivity contribution in [2.24, 2.45) is 0 Å². The number of aromatic nitrogens is 1. The molecule has 6 heteroatoms. The van der Waals surface area contributed by atoms with Crippen molar-refractivity contribution in [3.05, 3.63) is 45.9 Å². The van der Waals surface area contributed by atoms with Crippen LogP contribution in [0.2, 0.25) is 0 Å². The summed E-state index contributed by atoms with van der Waals surface area (Å²) in [6, 6.07) is 8.08. The molecule has 1 unspecified atom stereocenters. The smallest absolute Gasteiger partial charge is 0.249 e. The van der Waals surface area contributed by atoms with E-state index in [1.165, 1.54) is 7.11 Å². The molecule has 2 rings (SSSR count). The van der Waals surface area contributed by atoms with Gasteiger partial charge in [0.15, 0.2) is 0 Å². The van der Waals surface area contributed by atoms with Gasteiger partial charge in [-0.2, -0.15) is 0 Å². The van der Waals surface area contributed by atoms with Gasteiger partial charge in [-0.3, -0.25) is 4.79 Å². The maximum Gasteiger partial charge on any atom is 0.249 e. The van der Waals surface area contributed by atoms with Crippen LogP contribution in [0.25, 0.3) is 0 Å². The number of methoxy groups -OCH3 is 1. The first-order valence-corrected chi connectivity index (χ1v) is 9.33. The summed E-state index contributed by atoms with van der Waals surface area (Å²) in [4.78, 5) is 18.7. The minimum absolute atomic E-state index is 0.0115. The topological polar surface area (TPSA) is 51.7 Å². The Kier molecular flexibility index (Phi) is 7.40. The van der Waals surface area contributed by atoms with Gasteiger partial charge in [0.2, 0.25) is 5.91 Å². The lowest BCUT2D eigenvalue weighted by molar-refractivity contribution is -0.138. The summed E-state index contributed by atoms with van der Waals surface area (Å²) >= 11 is 1.56. The van der Waals surface area contributed by atoms with Crippen LogP contribution in [0.3, 0.4) is 0 Å². The number of para-hydroxylation sites is 1. The highest BCUT2D eigenvalue weighted by atomic mass is 32.1. The van der Waals surface area contributed by atoms with Crippen LogP contribution >= 0.6 is 11.3 Å². The van der Waals surface area contributed by atoms with E-state index < -0.39 is 0 Å². The molecule has 0 bridgehead atoms. The summed E-state index contributed by atoms with van der Waals surface area (Å²) in [7, 11) is 1.54. The second-order valence-corrected chi connectivity index (χ2v) is 6.94. The highest BCUT2D eigenvalue weighted by molar-refractivity contribution is 7.09. The van der Waals surface area contributed by atoms with Crippen LogP contribution in [0.15, 0.2) is 29.6 Å². The Bertz CT molecular complexity index is 687. The molecule has 0 N–H and O–H groups in total. The highest BCUT2D eigenvalue weighted by Gasteiger charge is 2.20. The van der Waals surface area contributed by atoms with Gasteiger partial charge >= 0.3 is 0 Å². The fourth-order valence-electron chi connectivity index (χ4n) is 2.44. The number of aryl methyl sites for hydroxylation is 1. The van der Waals surface area contributed by atoms with Crippen LogP contribution in [-0.2, 0) is 22.7 Å². The van der Waals surface area contributed by atoms with Gasteiger partial charge in [0.1, 0.15) is 24.0 Å². The Morgan fingerprint density at radius 2 is 2.12 bits per heavy atom. The van der Waals surface area contributed by atoms with Crippen molar-refractivity contribution < 1.29 is 14.3 Å². The Morgan fingerprint density at radius 1 is 1.36 bits per heavy atom. The van der Waals surface area contributed by atoms with Crippen LogP contribution in [0.5, 0.6) is 5.75 Å². The Balaban J connectivity index is 1.99. The molecule has 0 saturated heterocycles. The second kappa shape index (κ2) is 9.53. The Morgan fingerprint density at radius 3 is 2.80 bits per heavy atom. The third-order valence-electron chi connectivity index (χ3n) is 4.09. The van der Waals surface area contributed by atoms with Gasteiger partial charge in [-0.1, -0.05) is 25.1 Å². The number of ether oxygens (including phenoxy) is 2. The van der Waals surface area contributed by atoms with Crippen molar-refractivity contribution in [1.29, 1.82) is 0 Å². The fraction of sp³-hybridized carbons (Fsp3) is 0.474. The molecule has 0 aliphatic rings. The van der Waals surface area contributed by atoms with E-state index >= 15 is 0 Å². The maximum absolute atomic E-state index is 12.3. The van der Waals surface area contributed by atoms with E-state index in [0.717, 1.165) is 28.4 Å². The molecular weight excluding hydrogens is 336 g/mol. The monoisotopic (exact) mass is 362 g/mol.